The normalized spacial score (nSPS) is 17.9. The van der Waals surface area contributed by atoms with Crippen LogP contribution in [0.3, 0.4) is 0 Å². The topological polar surface area (TPSA) is 148 Å². The first-order chi connectivity index (χ1) is 12.6. The van der Waals surface area contributed by atoms with Gasteiger partial charge < -0.3 is 30.3 Å². The van der Waals surface area contributed by atoms with Crippen molar-refractivity contribution in [3.63, 3.8) is 0 Å². The van der Waals surface area contributed by atoms with Gasteiger partial charge in [0.15, 0.2) is 0 Å². The van der Waals surface area contributed by atoms with Crippen LogP contribution in [-0.4, -0.2) is 79.6 Å². The summed E-state index contributed by atoms with van der Waals surface area (Å²) < 4.78 is 5.06. The number of amides is 1. The molecule has 0 fully saturated rings. The van der Waals surface area contributed by atoms with Crippen molar-refractivity contribution in [3.05, 3.63) is 35.9 Å². The van der Waals surface area contributed by atoms with Gasteiger partial charge in [-0.05, 0) is 12.5 Å². The van der Waals surface area contributed by atoms with Gasteiger partial charge in [-0.3, -0.25) is 14.5 Å². The van der Waals surface area contributed by atoms with Crippen LogP contribution < -0.4 is 0 Å². The lowest BCUT2D eigenvalue weighted by atomic mass is 9.99. The summed E-state index contributed by atoms with van der Waals surface area (Å²) in [5.74, 6) is -1.38. The summed E-state index contributed by atoms with van der Waals surface area (Å²) in [7, 11) is 0. The molecule has 0 heterocycles. The van der Waals surface area contributed by atoms with E-state index in [0.29, 0.717) is 5.56 Å². The lowest BCUT2D eigenvalue weighted by molar-refractivity contribution is -0.201. The van der Waals surface area contributed by atoms with Crippen LogP contribution in [0.5, 0.6) is 0 Å². The fourth-order valence-corrected chi connectivity index (χ4v) is 2.73. The van der Waals surface area contributed by atoms with E-state index < -0.39 is 55.2 Å². The molecule has 1 aromatic rings. The van der Waals surface area contributed by atoms with Crippen LogP contribution >= 0.6 is 0 Å². The number of carbonyl (C=O) groups excluding carboxylic acids is 2. The lowest BCUT2D eigenvalue weighted by Gasteiger charge is -2.39. The molecular formula is C18H27NO8. The quantitative estimate of drug-likeness (QED) is 0.266. The number of esters is 1. The Kier molecular flexibility index (Phi) is 8.80. The Hall–Kier alpha value is -2.04. The largest absolute Gasteiger partial charge is 0.439 e. The minimum absolute atomic E-state index is 0.555. The molecule has 5 N–H and O–H groups in total. The van der Waals surface area contributed by atoms with Gasteiger partial charge in [0, 0.05) is 13.8 Å². The SMILES string of the molecule is CC(=O)O[C@@H]([C@H](O)[C@@H](O)[C@H](O)[C@H](O)CO)N(C(C)=O)[C@@H](C)c1ccccc1. The number of rotatable bonds is 9. The molecule has 1 aromatic carbocycles. The summed E-state index contributed by atoms with van der Waals surface area (Å²) >= 11 is 0. The van der Waals surface area contributed by atoms with E-state index in [-0.39, 0.29) is 0 Å². The number of aliphatic hydroxyl groups is 5. The average molecular weight is 385 g/mol. The second kappa shape index (κ2) is 10.3. The fourth-order valence-electron chi connectivity index (χ4n) is 2.73. The van der Waals surface area contributed by atoms with Gasteiger partial charge >= 0.3 is 5.97 Å². The first-order valence-corrected chi connectivity index (χ1v) is 8.46. The predicted molar refractivity (Wildman–Crippen MR) is 94.0 cm³/mol. The molecule has 0 bridgehead atoms. The monoisotopic (exact) mass is 385 g/mol. The smallest absolute Gasteiger partial charge is 0.304 e. The van der Waals surface area contributed by atoms with E-state index in [1.165, 1.54) is 6.92 Å². The Morgan fingerprint density at radius 1 is 1.00 bits per heavy atom. The zero-order chi connectivity index (χ0) is 20.7. The van der Waals surface area contributed by atoms with E-state index in [2.05, 4.69) is 0 Å². The summed E-state index contributed by atoms with van der Waals surface area (Å²) in [5.41, 5.74) is 0.683. The standard InChI is InChI=1S/C18H27NO8/c1-10(13-7-5-4-6-8-13)19(11(2)21)18(27-12(3)22)17(26)16(25)15(24)14(23)9-20/h4-8,10,14-18,20,23-26H,9H2,1-3H3/t10-,14+,15+,16-,17+,18-/m0/s1. The van der Waals surface area contributed by atoms with Crippen molar-refractivity contribution in [1.29, 1.82) is 0 Å². The predicted octanol–water partition coefficient (Wildman–Crippen LogP) is -1.08. The molecule has 1 amide bonds. The molecule has 0 saturated carbocycles. The maximum absolute atomic E-state index is 12.3. The maximum Gasteiger partial charge on any atom is 0.304 e. The average Bonchev–Trinajstić information content (AvgIpc) is 2.64. The molecule has 0 aliphatic heterocycles. The van der Waals surface area contributed by atoms with Crippen molar-refractivity contribution < 1.29 is 39.9 Å². The number of nitrogens with zero attached hydrogens (tertiary/aromatic N) is 1. The third-order valence-electron chi connectivity index (χ3n) is 4.20. The highest BCUT2D eigenvalue weighted by Gasteiger charge is 2.42. The summed E-state index contributed by atoms with van der Waals surface area (Å²) in [6, 6.07) is 8.10. The Balaban J connectivity index is 3.23. The molecule has 0 aliphatic rings. The molecular weight excluding hydrogens is 358 g/mol. The molecule has 6 atom stereocenters. The van der Waals surface area contributed by atoms with Gasteiger partial charge in [-0.25, -0.2) is 0 Å². The Bertz CT molecular complexity index is 611. The Morgan fingerprint density at radius 2 is 1.56 bits per heavy atom. The van der Waals surface area contributed by atoms with Gasteiger partial charge in [0.25, 0.3) is 0 Å². The van der Waals surface area contributed by atoms with Crippen molar-refractivity contribution >= 4 is 11.9 Å². The van der Waals surface area contributed by atoms with Crippen LogP contribution in [0.2, 0.25) is 0 Å². The van der Waals surface area contributed by atoms with Crippen LogP contribution in [0.4, 0.5) is 0 Å². The molecule has 1 rings (SSSR count). The third-order valence-corrected chi connectivity index (χ3v) is 4.20. The van der Waals surface area contributed by atoms with E-state index in [0.717, 1.165) is 11.8 Å². The number of ether oxygens (including phenoxy) is 1. The molecule has 0 unspecified atom stereocenters. The minimum Gasteiger partial charge on any atom is -0.439 e. The van der Waals surface area contributed by atoms with Crippen molar-refractivity contribution in [3.8, 4) is 0 Å². The van der Waals surface area contributed by atoms with Gasteiger partial charge in [-0.2, -0.15) is 0 Å². The van der Waals surface area contributed by atoms with Gasteiger partial charge in [-0.1, -0.05) is 30.3 Å². The second-order valence-electron chi connectivity index (χ2n) is 6.23. The van der Waals surface area contributed by atoms with Gasteiger partial charge in [0.2, 0.25) is 12.1 Å². The minimum atomic E-state index is -2.00. The Labute approximate surface area is 157 Å². The third kappa shape index (κ3) is 5.98. The fraction of sp³-hybridized carbons (Fsp3) is 0.556. The number of hydrogen-bond acceptors (Lipinski definition) is 8. The van der Waals surface area contributed by atoms with Gasteiger partial charge in [0.05, 0.1) is 12.6 Å². The van der Waals surface area contributed by atoms with E-state index in [4.69, 9.17) is 9.84 Å². The second-order valence-corrected chi connectivity index (χ2v) is 6.23. The summed E-state index contributed by atoms with van der Waals surface area (Å²) in [5, 5.41) is 48.9. The van der Waals surface area contributed by atoms with Gasteiger partial charge in [0.1, 0.15) is 24.4 Å². The molecule has 27 heavy (non-hydrogen) atoms. The van der Waals surface area contributed by atoms with Crippen molar-refractivity contribution in [2.45, 2.75) is 57.5 Å². The molecule has 0 radical (unpaired) electrons. The van der Waals surface area contributed by atoms with Crippen LogP contribution in [-0.2, 0) is 14.3 Å². The summed E-state index contributed by atoms with van der Waals surface area (Å²) in [4.78, 5) is 24.8. The zero-order valence-corrected chi connectivity index (χ0v) is 15.5. The number of aliphatic hydroxyl groups excluding tert-OH is 5. The van der Waals surface area contributed by atoms with Crippen molar-refractivity contribution in [2.24, 2.45) is 0 Å². The maximum atomic E-state index is 12.3. The highest BCUT2D eigenvalue weighted by Crippen LogP contribution is 2.26. The molecule has 152 valence electrons. The highest BCUT2D eigenvalue weighted by atomic mass is 16.6. The van der Waals surface area contributed by atoms with Crippen LogP contribution in [0.25, 0.3) is 0 Å². The molecule has 0 spiro atoms. The summed E-state index contributed by atoms with van der Waals surface area (Å²) in [6.45, 7) is 3.05. The molecule has 0 aromatic heterocycles. The van der Waals surface area contributed by atoms with E-state index in [9.17, 15) is 30.0 Å². The van der Waals surface area contributed by atoms with Gasteiger partial charge in [-0.15, -0.1) is 0 Å². The molecule has 9 nitrogen and oxygen atoms in total. The number of carbonyl (C=O) groups is 2. The molecule has 9 heteroatoms. The van der Waals surface area contributed by atoms with E-state index in [1.807, 2.05) is 0 Å². The van der Waals surface area contributed by atoms with E-state index in [1.54, 1.807) is 37.3 Å². The van der Waals surface area contributed by atoms with Crippen molar-refractivity contribution in [2.75, 3.05) is 6.61 Å². The Morgan fingerprint density at radius 3 is 2.00 bits per heavy atom. The van der Waals surface area contributed by atoms with E-state index >= 15 is 0 Å². The molecule has 0 saturated heterocycles. The number of benzene rings is 1. The number of hydrogen-bond donors (Lipinski definition) is 5. The summed E-state index contributed by atoms with van der Waals surface area (Å²) in [6.07, 6.45) is -9.24. The highest BCUT2D eigenvalue weighted by molar-refractivity contribution is 5.75. The van der Waals surface area contributed by atoms with Crippen molar-refractivity contribution in [1.82, 2.24) is 4.90 Å². The lowest BCUT2D eigenvalue weighted by Crippen LogP contribution is -2.57. The zero-order valence-electron chi connectivity index (χ0n) is 15.5. The molecule has 0 aliphatic carbocycles. The first-order valence-electron chi connectivity index (χ1n) is 8.46. The van der Waals surface area contributed by atoms with Crippen LogP contribution in [0, 0.1) is 0 Å². The first kappa shape index (κ1) is 23.0. The van der Waals surface area contributed by atoms with Crippen LogP contribution in [0.15, 0.2) is 30.3 Å². The van der Waals surface area contributed by atoms with Crippen LogP contribution in [0.1, 0.15) is 32.4 Å².